The minimum absolute atomic E-state index is 0.722. The van der Waals surface area contributed by atoms with Crippen LogP contribution in [0.5, 0.6) is 0 Å². The van der Waals surface area contributed by atoms with Crippen LogP contribution in [-0.2, 0) is 6.54 Å². The third-order valence-electron chi connectivity index (χ3n) is 5.39. The fraction of sp³-hybridized carbons (Fsp3) is 0.667. The minimum atomic E-state index is 0.722. The van der Waals surface area contributed by atoms with Crippen molar-refractivity contribution in [1.82, 2.24) is 0 Å². The summed E-state index contributed by atoms with van der Waals surface area (Å²) in [5.74, 6) is 0. The third-order valence-corrected chi connectivity index (χ3v) is 5.39. The highest BCUT2D eigenvalue weighted by Gasteiger charge is 2.32. The molecule has 0 aliphatic carbocycles. The quantitative estimate of drug-likeness (QED) is 0.839. The number of nitrogens with two attached hydrogens (primary N) is 1. The van der Waals surface area contributed by atoms with Crippen LogP contribution in [-0.4, -0.2) is 32.7 Å². The smallest absolute Gasteiger partial charge is 0.163 e. The Morgan fingerprint density at radius 3 is 2.62 bits per heavy atom. The Morgan fingerprint density at radius 1 is 1.14 bits per heavy atom. The maximum Gasteiger partial charge on any atom is 0.163 e. The Hall–Kier alpha value is -1.06. The van der Waals surface area contributed by atoms with Gasteiger partial charge in [-0.05, 0) is 45.2 Å². The summed E-state index contributed by atoms with van der Waals surface area (Å²) in [7, 11) is 0. The van der Waals surface area contributed by atoms with E-state index in [1.54, 1.807) is 11.1 Å². The van der Waals surface area contributed by atoms with Crippen LogP contribution >= 0.6 is 0 Å². The summed E-state index contributed by atoms with van der Waals surface area (Å²) in [6, 6.07) is 7.96. The van der Waals surface area contributed by atoms with E-state index in [-0.39, 0.29) is 0 Å². The van der Waals surface area contributed by atoms with Crippen molar-refractivity contribution in [2.45, 2.75) is 45.7 Å². The van der Waals surface area contributed by atoms with Gasteiger partial charge in [-0.3, -0.25) is 0 Å². The second kappa shape index (κ2) is 6.80. The zero-order valence-electron chi connectivity index (χ0n) is 13.7. The molecule has 0 spiro atoms. The molecular weight excluding hydrogens is 258 g/mol. The summed E-state index contributed by atoms with van der Waals surface area (Å²) < 4.78 is 0. The van der Waals surface area contributed by atoms with Crippen molar-refractivity contribution >= 4 is 5.69 Å². The lowest BCUT2D eigenvalue weighted by atomic mass is 9.93. The Balaban J connectivity index is 1.84. The molecule has 1 atom stereocenters. The van der Waals surface area contributed by atoms with E-state index in [4.69, 9.17) is 0 Å². The predicted molar refractivity (Wildman–Crippen MR) is 87.8 cm³/mol. The molecule has 0 bridgehead atoms. The number of anilines is 1. The number of piperidine rings is 1. The Kier molecular flexibility index (Phi) is 4.81. The fourth-order valence-corrected chi connectivity index (χ4v) is 4.17. The molecule has 0 unspecified atom stereocenters. The molecule has 2 heterocycles. The van der Waals surface area contributed by atoms with Crippen molar-refractivity contribution in [2.75, 3.05) is 37.6 Å². The lowest BCUT2D eigenvalue weighted by Gasteiger charge is -2.34. The van der Waals surface area contributed by atoms with Gasteiger partial charge in [0, 0.05) is 29.9 Å². The molecule has 0 amide bonds. The summed E-state index contributed by atoms with van der Waals surface area (Å²) in [5, 5.41) is 2.51. The summed E-state index contributed by atoms with van der Waals surface area (Å²) in [5.41, 5.74) is 4.61. The Labute approximate surface area is 129 Å². The number of fused-ring (bicyclic) bond motifs is 1. The largest absolute Gasteiger partial charge is 0.372 e. The van der Waals surface area contributed by atoms with Crippen LogP contribution in [0.25, 0.3) is 0 Å². The summed E-state index contributed by atoms with van der Waals surface area (Å²) in [4.78, 5) is 4.28. The average Bonchev–Trinajstić information content (AvgIpc) is 2.56. The number of rotatable bonds is 4. The summed E-state index contributed by atoms with van der Waals surface area (Å²) >= 11 is 0. The molecule has 1 aromatic rings. The second-order valence-corrected chi connectivity index (χ2v) is 6.56. The zero-order valence-corrected chi connectivity index (χ0v) is 13.7. The van der Waals surface area contributed by atoms with Gasteiger partial charge < -0.3 is 15.1 Å². The third kappa shape index (κ3) is 3.09. The number of hydrogen-bond acceptors (Lipinski definition) is 1. The van der Waals surface area contributed by atoms with Gasteiger partial charge in [0.15, 0.2) is 6.04 Å². The summed E-state index contributed by atoms with van der Waals surface area (Å²) in [6.45, 7) is 11.9. The number of quaternary nitrogens is 2. The van der Waals surface area contributed by atoms with Crippen LogP contribution in [0.1, 0.15) is 50.3 Å². The van der Waals surface area contributed by atoms with Gasteiger partial charge in [0.2, 0.25) is 0 Å². The molecule has 2 aliphatic rings. The number of hydrogen-bond donors (Lipinski definition) is 2. The van der Waals surface area contributed by atoms with Crippen molar-refractivity contribution in [3.63, 3.8) is 0 Å². The molecule has 3 heteroatoms. The molecule has 2 aliphatic heterocycles. The van der Waals surface area contributed by atoms with Gasteiger partial charge in [0.1, 0.15) is 13.1 Å². The summed E-state index contributed by atoms with van der Waals surface area (Å²) in [6.07, 6.45) is 4.27. The fourth-order valence-electron chi connectivity index (χ4n) is 4.17. The molecule has 0 aromatic heterocycles. The predicted octanol–water partition coefficient (Wildman–Crippen LogP) is 0.720. The van der Waals surface area contributed by atoms with E-state index in [2.05, 4.69) is 42.3 Å². The van der Waals surface area contributed by atoms with E-state index in [1.807, 2.05) is 4.90 Å². The van der Waals surface area contributed by atoms with Crippen molar-refractivity contribution in [2.24, 2.45) is 0 Å². The van der Waals surface area contributed by atoms with E-state index in [0.717, 1.165) is 25.7 Å². The lowest BCUT2D eigenvalue weighted by molar-refractivity contribution is -0.952. The van der Waals surface area contributed by atoms with Crippen LogP contribution in [0, 0.1) is 0 Å². The normalized spacial score (nSPS) is 22.9. The lowest BCUT2D eigenvalue weighted by Crippen LogP contribution is -3.16. The van der Waals surface area contributed by atoms with Gasteiger partial charge in [-0.25, -0.2) is 0 Å². The van der Waals surface area contributed by atoms with Crippen LogP contribution < -0.4 is 15.1 Å². The molecular formula is C18H31N3+2. The number of nitrogens with one attached hydrogen (secondary N) is 1. The first kappa shape index (κ1) is 14.9. The SMILES string of the molecule is CCN(CC)c1ccc2c(c1)C[NH2+]C[C@H]2[NH+]1CCCCC1. The Bertz CT molecular complexity index is 462. The van der Waals surface area contributed by atoms with Gasteiger partial charge in [-0.2, -0.15) is 0 Å². The van der Waals surface area contributed by atoms with Crippen molar-refractivity contribution in [3.8, 4) is 0 Å². The monoisotopic (exact) mass is 289 g/mol. The number of benzene rings is 1. The van der Waals surface area contributed by atoms with Gasteiger partial charge in [0.05, 0.1) is 13.1 Å². The van der Waals surface area contributed by atoms with Gasteiger partial charge in [0.25, 0.3) is 0 Å². The first-order chi connectivity index (χ1) is 10.3. The minimum Gasteiger partial charge on any atom is -0.372 e. The van der Waals surface area contributed by atoms with E-state index < -0.39 is 0 Å². The molecule has 1 saturated heterocycles. The van der Waals surface area contributed by atoms with Crippen LogP contribution in [0.4, 0.5) is 5.69 Å². The van der Waals surface area contributed by atoms with E-state index in [9.17, 15) is 0 Å². The molecule has 0 radical (unpaired) electrons. The highest BCUT2D eigenvalue weighted by molar-refractivity contribution is 5.51. The number of nitrogens with zero attached hydrogens (tertiary/aromatic N) is 1. The first-order valence-corrected chi connectivity index (χ1v) is 8.87. The number of likely N-dealkylation sites (tertiary alicyclic amines) is 1. The zero-order chi connectivity index (χ0) is 14.7. The van der Waals surface area contributed by atoms with Crippen LogP contribution in [0.3, 0.4) is 0 Å². The molecule has 3 nitrogen and oxygen atoms in total. The average molecular weight is 289 g/mol. The molecule has 116 valence electrons. The van der Waals surface area contributed by atoms with Gasteiger partial charge in [-0.15, -0.1) is 0 Å². The van der Waals surface area contributed by atoms with E-state index in [1.165, 1.54) is 44.6 Å². The highest BCUT2D eigenvalue weighted by Crippen LogP contribution is 2.24. The second-order valence-electron chi connectivity index (χ2n) is 6.56. The van der Waals surface area contributed by atoms with Crippen LogP contribution in [0.2, 0.25) is 0 Å². The van der Waals surface area contributed by atoms with Crippen molar-refractivity contribution < 1.29 is 10.2 Å². The molecule has 3 N–H and O–H groups in total. The van der Waals surface area contributed by atoms with Crippen molar-refractivity contribution in [1.29, 1.82) is 0 Å². The van der Waals surface area contributed by atoms with E-state index in [0.29, 0.717) is 0 Å². The molecule has 21 heavy (non-hydrogen) atoms. The van der Waals surface area contributed by atoms with Crippen LogP contribution in [0.15, 0.2) is 18.2 Å². The molecule has 3 rings (SSSR count). The first-order valence-electron chi connectivity index (χ1n) is 8.87. The van der Waals surface area contributed by atoms with Gasteiger partial charge in [-0.1, -0.05) is 6.07 Å². The van der Waals surface area contributed by atoms with Gasteiger partial charge >= 0.3 is 0 Å². The molecule has 1 aromatic carbocycles. The topological polar surface area (TPSA) is 24.3 Å². The molecule has 0 saturated carbocycles. The Morgan fingerprint density at radius 2 is 1.90 bits per heavy atom. The highest BCUT2D eigenvalue weighted by atomic mass is 15.2. The maximum absolute atomic E-state index is 2.51. The standard InChI is InChI=1S/C18H29N3/c1-3-20(4-2)16-8-9-17-15(12-16)13-19-14-18(17)21-10-6-5-7-11-21/h8-9,12,18-19H,3-7,10-11,13-14H2,1-2H3/p+2/t18-/m1/s1. The maximum atomic E-state index is 2.51. The van der Waals surface area contributed by atoms with Crippen molar-refractivity contribution in [3.05, 3.63) is 29.3 Å². The van der Waals surface area contributed by atoms with E-state index >= 15 is 0 Å². The molecule has 1 fully saturated rings.